The molecule has 0 spiro atoms. The van der Waals surface area contributed by atoms with Gasteiger partial charge in [0.15, 0.2) is 0 Å². The van der Waals surface area contributed by atoms with Crippen molar-refractivity contribution in [3.05, 3.63) is 53.7 Å². The molecule has 20 heavy (non-hydrogen) atoms. The summed E-state index contributed by atoms with van der Waals surface area (Å²) in [5.41, 5.74) is 2.54. The molecule has 0 fully saturated rings. The molecule has 0 saturated carbocycles. The predicted octanol–water partition coefficient (Wildman–Crippen LogP) is 3.14. The van der Waals surface area contributed by atoms with Gasteiger partial charge >= 0.3 is 5.97 Å². The largest absolute Gasteiger partial charge is 0.478 e. The Morgan fingerprint density at radius 1 is 1.25 bits per heavy atom. The average Bonchev–Trinajstić information content (AvgIpc) is 2.45. The lowest BCUT2D eigenvalue weighted by Crippen LogP contribution is -2.08. The molecule has 5 heteroatoms. The number of hydrogen-bond donors (Lipinski definition) is 1. The fourth-order valence-electron chi connectivity index (χ4n) is 1.71. The van der Waals surface area contributed by atoms with Crippen LogP contribution in [0.15, 0.2) is 47.6 Å². The highest BCUT2D eigenvalue weighted by Gasteiger charge is 2.10. The van der Waals surface area contributed by atoms with Gasteiger partial charge in [-0.2, -0.15) is 0 Å². The maximum atomic E-state index is 11.1. The molecule has 0 aliphatic carbocycles. The Morgan fingerprint density at radius 3 is 2.55 bits per heavy atom. The van der Waals surface area contributed by atoms with Crippen molar-refractivity contribution < 1.29 is 9.90 Å². The van der Waals surface area contributed by atoms with Crippen molar-refractivity contribution in [3.63, 3.8) is 0 Å². The van der Waals surface area contributed by atoms with E-state index in [0.717, 1.165) is 11.3 Å². The highest BCUT2D eigenvalue weighted by molar-refractivity contribution is 7.98. The van der Waals surface area contributed by atoms with Crippen LogP contribution in [0.3, 0.4) is 0 Å². The smallest absolute Gasteiger partial charge is 0.338 e. The van der Waals surface area contributed by atoms with Gasteiger partial charge in [-0.25, -0.2) is 9.78 Å². The second kappa shape index (κ2) is 6.43. The molecule has 2 rings (SSSR count). The summed E-state index contributed by atoms with van der Waals surface area (Å²) >= 11 is 1.44. The number of anilines is 1. The van der Waals surface area contributed by atoms with Gasteiger partial charge in [0.2, 0.25) is 0 Å². The summed E-state index contributed by atoms with van der Waals surface area (Å²) in [6, 6.07) is 11.4. The van der Waals surface area contributed by atoms with Crippen molar-refractivity contribution in [2.24, 2.45) is 0 Å². The Balaban J connectivity index is 2.07. The summed E-state index contributed by atoms with van der Waals surface area (Å²) in [7, 11) is 3.99. The van der Waals surface area contributed by atoms with Crippen LogP contribution in [0, 0.1) is 0 Å². The molecule has 1 aromatic heterocycles. The van der Waals surface area contributed by atoms with E-state index in [9.17, 15) is 4.79 Å². The minimum atomic E-state index is -0.941. The standard InChI is InChI=1S/C15H16N2O2S/c1-17(2)12-7-5-11(6-8-12)10-20-14-13(15(18)19)4-3-9-16-14/h3-9H,10H2,1-2H3,(H,18,19). The van der Waals surface area contributed by atoms with Gasteiger partial charge in [-0.3, -0.25) is 0 Å². The van der Waals surface area contributed by atoms with Crippen molar-refractivity contribution in [1.82, 2.24) is 4.98 Å². The van der Waals surface area contributed by atoms with Crippen LogP contribution in [0.25, 0.3) is 0 Å². The number of benzene rings is 1. The van der Waals surface area contributed by atoms with E-state index in [2.05, 4.69) is 4.98 Å². The Hall–Kier alpha value is -2.01. The molecule has 1 N–H and O–H groups in total. The van der Waals surface area contributed by atoms with Gasteiger partial charge in [-0.15, -0.1) is 11.8 Å². The average molecular weight is 288 g/mol. The monoisotopic (exact) mass is 288 g/mol. The van der Waals surface area contributed by atoms with Crippen LogP contribution < -0.4 is 4.90 Å². The minimum Gasteiger partial charge on any atom is -0.478 e. The van der Waals surface area contributed by atoms with Gasteiger partial charge in [0.25, 0.3) is 0 Å². The first-order valence-electron chi connectivity index (χ1n) is 6.15. The Labute approximate surface area is 122 Å². The number of aromatic carboxylic acids is 1. The molecule has 1 aromatic carbocycles. The number of pyridine rings is 1. The topological polar surface area (TPSA) is 53.4 Å². The molecule has 0 atom stereocenters. The van der Waals surface area contributed by atoms with Gasteiger partial charge in [-0.05, 0) is 29.8 Å². The summed E-state index contributed by atoms with van der Waals surface area (Å²) in [6.07, 6.45) is 1.61. The minimum absolute atomic E-state index is 0.252. The second-order valence-electron chi connectivity index (χ2n) is 4.51. The van der Waals surface area contributed by atoms with E-state index in [1.807, 2.05) is 43.3 Å². The Morgan fingerprint density at radius 2 is 1.95 bits per heavy atom. The summed E-state index contributed by atoms with van der Waals surface area (Å²) in [6.45, 7) is 0. The Bertz CT molecular complexity index is 597. The first-order valence-corrected chi connectivity index (χ1v) is 7.14. The zero-order valence-corrected chi connectivity index (χ0v) is 12.2. The maximum absolute atomic E-state index is 11.1. The Kier molecular flexibility index (Phi) is 4.63. The van der Waals surface area contributed by atoms with Gasteiger partial charge in [0, 0.05) is 31.7 Å². The molecule has 1 heterocycles. The van der Waals surface area contributed by atoms with Crippen molar-refractivity contribution >= 4 is 23.4 Å². The van der Waals surface area contributed by atoms with Gasteiger partial charge in [0.1, 0.15) is 5.03 Å². The van der Waals surface area contributed by atoms with Crippen LogP contribution in [0.2, 0.25) is 0 Å². The second-order valence-corrected chi connectivity index (χ2v) is 5.47. The molecule has 0 bridgehead atoms. The van der Waals surface area contributed by atoms with E-state index in [1.165, 1.54) is 11.8 Å². The third-order valence-electron chi connectivity index (χ3n) is 2.83. The molecule has 104 valence electrons. The van der Waals surface area contributed by atoms with Crippen LogP contribution in [0.1, 0.15) is 15.9 Å². The normalized spacial score (nSPS) is 10.3. The quantitative estimate of drug-likeness (QED) is 0.857. The zero-order chi connectivity index (χ0) is 14.5. The summed E-state index contributed by atoms with van der Waals surface area (Å²) in [5, 5.41) is 9.65. The number of hydrogen-bond acceptors (Lipinski definition) is 4. The lowest BCUT2D eigenvalue weighted by Gasteiger charge is -2.12. The number of carboxylic acid groups (broad SMARTS) is 1. The molecular weight excluding hydrogens is 272 g/mol. The first-order chi connectivity index (χ1) is 9.58. The fraction of sp³-hybridized carbons (Fsp3) is 0.200. The molecular formula is C15H16N2O2S. The van der Waals surface area contributed by atoms with Crippen LogP contribution in [0.5, 0.6) is 0 Å². The SMILES string of the molecule is CN(C)c1ccc(CSc2ncccc2C(=O)O)cc1. The van der Waals surface area contributed by atoms with Crippen LogP contribution in [0.4, 0.5) is 5.69 Å². The van der Waals surface area contributed by atoms with Gasteiger partial charge in [-0.1, -0.05) is 12.1 Å². The van der Waals surface area contributed by atoms with E-state index in [-0.39, 0.29) is 5.56 Å². The summed E-state index contributed by atoms with van der Waals surface area (Å²) in [5.74, 6) is -0.242. The van der Waals surface area contributed by atoms with E-state index >= 15 is 0 Å². The van der Waals surface area contributed by atoms with Crippen LogP contribution in [-0.2, 0) is 5.75 Å². The molecule has 0 aliphatic heterocycles. The van der Waals surface area contributed by atoms with Gasteiger partial charge < -0.3 is 10.0 Å². The predicted molar refractivity (Wildman–Crippen MR) is 81.5 cm³/mol. The van der Waals surface area contributed by atoms with Crippen molar-refractivity contribution in [3.8, 4) is 0 Å². The van der Waals surface area contributed by atoms with Gasteiger partial charge in [0.05, 0.1) is 5.56 Å². The molecule has 0 unspecified atom stereocenters. The zero-order valence-electron chi connectivity index (χ0n) is 11.4. The molecule has 0 radical (unpaired) electrons. The van der Waals surface area contributed by atoms with E-state index < -0.39 is 5.97 Å². The number of carboxylic acids is 1. The molecule has 4 nitrogen and oxygen atoms in total. The maximum Gasteiger partial charge on any atom is 0.338 e. The van der Waals surface area contributed by atoms with E-state index in [0.29, 0.717) is 10.8 Å². The van der Waals surface area contributed by atoms with E-state index in [1.54, 1.807) is 18.3 Å². The summed E-state index contributed by atoms with van der Waals surface area (Å²) < 4.78 is 0. The highest BCUT2D eigenvalue weighted by atomic mass is 32.2. The number of nitrogens with zero attached hydrogens (tertiary/aromatic N) is 2. The third-order valence-corrected chi connectivity index (χ3v) is 3.91. The van der Waals surface area contributed by atoms with Crippen molar-refractivity contribution in [2.75, 3.05) is 19.0 Å². The number of thioether (sulfide) groups is 1. The highest BCUT2D eigenvalue weighted by Crippen LogP contribution is 2.25. The van der Waals surface area contributed by atoms with Crippen LogP contribution in [-0.4, -0.2) is 30.2 Å². The lowest BCUT2D eigenvalue weighted by atomic mass is 10.2. The third kappa shape index (κ3) is 3.51. The summed E-state index contributed by atoms with van der Waals surface area (Å²) in [4.78, 5) is 17.3. The lowest BCUT2D eigenvalue weighted by molar-refractivity contribution is 0.0692. The molecule has 2 aromatic rings. The number of carbonyl (C=O) groups is 1. The van der Waals surface area contributed by atoms with E-state index in [4.69, 9.17) is 5.11 Å². The number of aromatic nitrogens is 1. The van der Waals surface area contributed by atoms with Crippen molar-refractivity contribution in [1.29, 1.82) is 0 Å². The van der Waals surface area contributed by atoms with Crippen molar-refractivity contribution in [2.45, 2.75) is 10.8 Å². The molecule has 0 amide bonds. The molecule has 0 saturated heterocycles. The first kappa shape index (κ1) is 14.4. The van der Waals surface area contributed by atoms with Crippen LogP contribution >= 0.6 is 11.8 Å². The number of rotatable bonds is 5. The fourth-order valence-corrected chi connectivity index (χ4v) is 2.65. The molecule has 0 aliphatic rings.